The van der Waals surface area contributed by atoms with E-state index in [9.17, 15) is 0 Å². The van der Waals surface area contributed by atoms with E-state index in [0.29, 0.717) is 13.2 Å². The lowest BCUT2D eigenvalue weighted by atomic mass is 10.3. The molecule has 0 radical (unpaired) electrons. The summed E-state index contributed by atoms with van der Waals surface area (Å²) >= 11 is 0. The second-order valence-corrected chi connectivity index (χ2v) is 3.35. The molecule has 0 unspecified atom stereocenters. The smallest absolute Gasteiger partial charge is 0.128 e. The molecule has 4 heteroatoms. The van der Waals surface area contributed by atoms with Crippen LogP contribution >= 0.6 is 0 Å². The van der Waals surface area contributed by atoms with Crippen LogP contribution in [0.1, 0.15) is 12.5 Å². The molecule has 0 fully saturated rings. The van der Waals surface area contributed by atoms with Crippen molar-refractivity contribution in [3.8, 4) is 5.75 Å². The van der Waals surface area contributed by atoms with Crippen LogP contribution in [0.2, 0.25) is 0 Å². The third kappa shape index (κ3) is 2.76. The summed E-state index contributed by atoms with van der Waals surface area (Å²) in [6, 6.07) is 7.86. The minimum absolute atomic E-state index is 0.676. The fourth-order valence-corrected chi connectivity index (χ4v) is 1.38. The van der Waals surface area contributed by atoms with Gasteiger partial charge in [-0.25, -0.2) is 0 Å². The van der Waals surface area contributed by atoms with Crippen LogP contribution in [0.4, 0.5) is 5.69 Å². The van der Waals surface area contributed by atoms with Crippen molar-refractivity contribution in [1.29, 1.82) is 0 Å². The van der Waals surface area contributed by atoms with Gasteiger partial charge in [0, 0.05) is 23.9 Å². The first-order valence-electron chi connectivity index (χ1n) is 5.23. The summed E-state index contributed by atoms with van der Waals surface area (Å²) in [5, 5.41) is 6.91. The largest absolute Gasteiger partial charge is 0.494 e. The maximum Gasteiger partial charge on any atom is 0.128 e. The van der Waals surface area contributed by atoms with Crippen LogP contribution in [0.25, 0.3) is 0 Å². The maximum absolute atomic E-state index is 5.41. The predicted molar refractivity (Wildman–Crippen MR) is 61.4 cm³/mol. The van der Waals surface area contributed by atoms with Gasteiger partial charge in [0.1, 0.15) is 12.0 Å². The van der Waals surface area contributed by atoms with Gasteiger partial charge in [-0.05, 0) is 19.1 Å². The summed E-state index contributed by atoms with van der Waals surface area (Å²) in [4.78, 5) is 0. The van der Waals surface area contributed by atoms with Crippen molar-refractivity contribution in [3.63, 3.8) is 0 Å². The quantitative estimate of drug-likeness (QED) is 0.838. The van der Waals surface area contributed by atoms with E-state index in [1.54, 1.807) is 12.5 Å². The number of benzene rings is 1. The number of rotatable bonds is 5. The van der Waals surface area contributed by atoms with Gasteiger partial charge in [-0.15, -0.1) is 0 Å². The molecule has 0 bridgehead atoms. The molecule has 16 heavy (non-hydrogen) atoms. The first-order chi connectivity index (χ1) is 7.88. The number of hydrogen-bond donors (Lipinski definition) is 1. The molecule has 2 aromatic rings. The number of nitrogens with zero attached hydrogens (tertiary/aromatic N) is 1. The monoisotopic (exact) mass is 218 g/mol. The molecule has 84 valence electrons. The molecule has 0 aliphatic rings. The molecule has 0 spiro atoms. The molecule has 0 amide bonds. The molecule has 1 aromatic heterocycles. The number of aromatic nitrogens is 1. The highest BCUT2D eigenvalue weighted by atomic mass is 16.5. The molecule has 0 saturated heterocycles. The van der Waals surface area contributed by atoms with E-state index in [2.05, 4.69) is 10.5 Å². The van der Waals surface area contributed by atoms with Crippen molar-refractivity contribution in [1.82, 2.24) is 5.16 Å². The second kappa shape index (κ2) is 5.21. The van der Waals surface area contributed by atoms with Crippen LogP contribution in [0, 0.1) is 0 Å². The standard InChI is InChI=1S/C12H14N2O2/c1-2-15-12-5-3-4-11(6-12)13-7-10-8-14-16-9-10/h3-6,8-9,13H,2,7H2,1H3. The van der Waals surface area contributed by atoms with E-state index in [1.165, 1.54) is 0 Å². The molecule has 1 N–H and O–H groups in total. The maximum atomic E-state index is 5.41. The molecule has 0 atom stereocenters. The highest BCUT2D eigenvalue weighted by Crippen LogP contribution is 2.17. The Morgan fingerprint density at radius 1 is 1.44 bits per heavy atom. The molecule has 1 aromatic carbocycles. The first-order valence-corrected chi connectivity index (χ1v) is 5.23. The second-order valence-electron chi connectivity index (χ2n) is 3.35. The van der Waals surface area contributed by atoms with Crippen molar-refractivity contribution < 1.29 is 9.26 Å². The molecule has 4 nitrogen and oxygen atoms in total. The van der Waals surface area contributed by atoms with Crippen LogP contribution in [-0.4, -0.2) is 11.8 Å². The van der Waals surface area contributed by atoms with Gasteiger partial charge in [0.25, 0.3) is 0 Å². The van der Waals surface area contributed by atoms with Crippen molar-refractivity contribution in [3.05, 3.63) is 42.3 Å². The average Bonchev–Trinajstić information content (AvgIpc) is 2.80. The number of nitrogens with one attached hydrogen (secondary N) is 1. The molecule has 2 rings (SSSR count). The van der Waals surface area contributed by atoms with Gasteiger partial charge < -0.3 is 14.6 Å². The lowest BCUT2D eigenvalue weighted by molar-refractivity contribution is 0.340. The Labute approximate surface area is 94.2 Å². The molecule has 1 heterocycles. The first kappa shape index (κ1) is 10.5. The van der Waals surface area contributed by atoms with E-state index in [4.69, 9.17) is 9.26 Å². The van der Waals surface area contributed by atoms with Crippen LogP contribution in [0.3, 0.4) is 0 Å². The molecular weight excluding hydrogens is 204 g/mol. The van der Waals surface area contributed by atoms with Crippen LogP contribution < -0.4 is 10.1 Å². The van der Waals surface area contributed by atoms with Crippen molar-refractivity contribution in [2.45, 2.75) is 13.5 Å². The molecule has 0 aliphatic heterocycles. The average molecular weight is 218 g/mol. The van der Waals surface area contributed by atoms with Gasteiger partial charge in [-0.3, -0.25) is 0 Å². The van der Waals surface area contributed by atoms with E-state index in [0.717, 1.165) is 17.0 Å². The molecule has 0 aliphatic carbocycles. The Bertz CT molecular complexity index is 426. The van der Waals surface area contributed by atoms with Crippen molar-refractivity contribution >= 4 is 5.69 Å². The minimum Gasteiger partial charge on any atom is -0.494 e. The van der Waals surface area contributed by atoms with E-state index >= 15 is 0 Å². The Balaban J connectivity index is 1.96. The van der Waals surface area contributed by atoms with Crippen LogP contribution in [0.5, 0.6) is 5.75 Å². The summed E-state index contributed by atoms with van der Waals surface area (Å²) in [7, 11) is 0. The summed E-state index contributed by atoms with van der Waals surface area (Å²) in [5.74, 6) is 0.873. The van der Waals surface area contributed by atoms with Crippen molar-refractivity contribution in [2.75, 3.05) is 11.9 Å². The van der Waals surface area contributed by atoms with Gasteiger partial charge in [-0.2, -0.15) is 0 Å². The zero-order valence-electron chi connectivity index (χ0n) is 9.14. The number of anilines is 1. The Hall–Kier alpha value is -1.97. The Kier molecular flexibility index (Phi) is 3.43. The summed E-state index contributed by atoms with van der Waals surface area (Å²) in [6.07, 6.45) is 3.32. The zero-order valence-corrected chi connectivity index (χ0v) is 9.14. The third-order valence-electron chi connectivity index (χ3n) is 2.13. The van der Waals surface area contributed by atoms with Crippen LogP contribution in [0.15, 0.2) is 41.2 Å². The van der Waals surface area contributed by atoms with Gasteiger partial charge in [0.05, 0.1) is 12.8 Å². The highest BCUT2D eigenvalue weighted by Gasteiger charge is 1.98. The Morgan fingerprint density at radius 3 is 3.12 bits per heavy atom. The zero-order chi connectivity index (χ0) is 11.2. The number of ether oxygens (including phenoxy) is 1. The SMILES string of the molecule is CCOc1cccc(NCc2cnoc2)c1. The van der Waals surface area contributed by atoms with E-state index in [1.807, 2.05) is 31.2 Å². The van der Waals surface area contributed by atoms with E-state index < -0.39 is 0 Å². The van der Waals surface area contributed by atoms with E-state index in [-0.39, 0.29) is 0 Å². The summed E-state index contributed by atoms with van der Waals surface area (Å²) in [5.41, 5.74) is 2.04. The normalized spacial score (nSPS) is 10.1. The van der Waals surface area contributed by atoms with Gasteiger partial charge >= 0.3 is 0 Å². The number of hydrogen-bond acceptors (Lipinski definition) is 4. The van der Waals surface area contributed by atoms with Gasteiger partial charge in [0.2, 0.25) is 0 Å². The summed E-state index contributed by atoms with van der Waals surface area (Å²) in [6.45, 7) is 3.34. The van der Waals surface area contributed by atoms with Gasteiger partial charge in [-0.1, -0.05) is 11.2 Å². The molecular formula is C12H14N2O2. The highest BCUT2D eigenvalue weighted by molar-refractivity contribution is 5.48. The molecule has 0 saturated carbocycles. The fourth-order valence-electron chi connectivity index (χ4n) is 1.38. The summed E-state index contributed by atoms with van der Waals surface area (Å²) < 4.78 is 10.2. The van der Waals surface area contributed by atoms with Crippen LogP contribution in [-0.2, 0) is 6.54 Å². The topological polar surface area (TPSA) is 47.3 Å². The Morgan fingerprint density at radius 2 is 2.38 bits per heavy atom. The fraction of sp³-hybridized carbons (Fsp3) is 0.250. The predicted octanol–water partition coefficient (Wildman–Crippen LogP) is 2.69. The van der Waals surface area contributed by atoms with Gasteiger partial charge in [0.15, 0.2) is 0 Å². The minimum atomic E-state index is 0.676. The lowest BCUT2D eigenvalue weighted by Crippen LogP contribution is -1.99. The van der Waals surface area contributed by atoms with Crippen molar-refractivity contribution in [2.24, 2.45) is 0 Å². The third-order valence-corrected chi connectivity index (χ3v) is 2.13. The lowest BCUT2D eigenvalue weighted by Gasteiger charge is -2.07.